The summed E-state index contributed by atoms with van der Waals surface area (Å²) in [7, 11) is 0. The Morgan fingerprint density at radius 2 is 1.92 bits per heavy atom. The maximum atomic E-state index is 12.0. The van der Waals surface area contributed by atoms with Gasteiger partial charge in [0.25, 0.3) is 5.91 Å². The van der Waals surface area contributed by atoms with Crippen LogP contribution in [-0.2, 0) is 11.3 Å². The minimum Gasteiger partial charge on any atom is -0.467 e. The van der Waals surface area contributed by atoms with Crippen LogP contribution in [0, 0.1) is 5.92 Å². The highest BCUT2D eigenvalue weighted by Crippen LogP contribution is 2.28. The summed E-state index contributed by atoms with van der Waals surface area (Å²) in [6, 6.07) is 10.4. The molecule has 0 bridgehead atoms. The topological polar surface area (TPSA) is 83.4 Å². The van der Waals surface area contributed by atoms with Crippen LogP contribution in [0.3, 0.4) is 0 Å². The number of thiocarbonyl (C=S) groups is 1. The molecule has 1 fully saturated rings. The van der Waals surface area contributed by atoms with Crippen LogP contribution in [-0.4, -0.2) is 16.9 Å². The van der Waals surface area contributed by atoms with Crippen molar-refractivity contribution < 1.29 is 14.0 Å². The van der Waals surface area contributed by atoms with E-state index in [1.165, 1.54) is 0 Å². The standard InChI is InChI=1S/C17H17N3O3S/c21-15(18-10-14-2-1-9-23-14)11-5-7-13(8-6-11)19-17(24)20-16(22)12-3-4-12/h1-2,5-9,12H,3-4,10H2,(H,18,21)(H2,19,20,22,24). The summed E-state index contributed by atoms with van der Waals surface area (Å²) in [4.78, 5) is 23.7. The first-order valence-corrected chi connectivity index (χ1v) is 8.05. The number of carbonyl (C=O) groups excluding carboxylic acids is 2. The lowest BCUT2D eigenvalue weighted by Gasteiger charge is -2.10. The van der Waals surface area contributed by atoms with E-state index in [9.17, 15) is 9.59 Å². The van der Waals surface area contributed by atoms with Gasteiger partial charge in [-0.25, -0.2) is 0 Å². The van der Waals surface area contributed by atoms with Crippen LogP contribution < -0.4 is 16.0 Å². The summed E-state index contributed by atoms with van der Waals surface area (Å²) in [6.45, 7) is 0.336. The van der Waals surface area contributed by atoms with Crippen LogP contribution in [0.4, 0.5) is 5.69 Å². The van der Waals surface area contributed by atoms with Gasteiger partial charge in [-0.15, -0.1) is 0 Å². The van der Waals surface area contributed by atoms with Crippen molar-refractivity contribution in [2.75, 3.05) is 5.32 Å². The molecule has 24 heavy (non-hydrogen) atoms. The summed E-state index contributed by atoms with van der Waals surface area (Å²) in [5.41, 5.74) is 1.23. The molecule has 1 aromatic heterocycles. The van der Waals surface area contributed by atoms with Gasteiger partial charge < -0.3 is 20.4 Å². The van der Waals surface area contributed by atoms with Crippen molar-refractivity contribution in [1.82, 2.24) is 10.6 Å². The van der Waals surface area contributed by atoms with Crippen LogP contribution in [0.15, 0.2) is 47.1 Å². The quantitative estimate of drug-likeness (QED) is 0.726. The molecule has 1 aliphatic carbocycles. The third-order valence-corrected chi connectivity index (χ3v) is 3.80. The van der Waals surface area contributed by atoms with Gasteiger partial charge in [0.05, 0.1) is 12.8 Å². The molecule has 2 amide bonds. The number of nitrogens with one attached hydrogen (secondary N) is 3. The monoisotopic (exact) mass is 343 g/mol. The molecule has 1 aromatic carbocycles. The molecule has 0 spiro atoms. The van der Waals surface area contributed by atoms with E-state index in [4.69, 9.17) is 16.6 Å². The molecule has 0 radical (unpaired) electrons. The van der Waals surface area contributed by atoms with Crippen LogP contribution in [0.2, 0.25) is 0 Å². The minimum atomic E-state index is -0.192. The zero-order valence-corrected chi connectivity index (χ0v) is 13.7. The molecule has 0 atom stereocenters. The van der Waals surface area contributed by atoms with Gasteiger partial charge in [-0.2, -0.15) is 0 Å². The van der Waals surface area contributed by atoms with Gasteiger partial charge in [-0.1, -0.05) is 0 Å². The zero-order chi connectivity index (χ0) is 16.9. The van der Waals surface area contributed by atoms with Crippen molar-refractivity contribution in [2.24, 2.45) is 5.92 Å². The van der Waals surface area contributed by atoms with Gasteiger partial charge in [0.15, 0.2) is 5.11 Å². The number of hydrogen-bond acceptors (Lipinski definition) is 4. The fourth-order valence-electron chi connectivity index (χ4n) is 2.11. The molecule has 124 valence electrons. The first-order chi connectivity index (χ1) is 11.6. The summed E-state index contributed by atoms with van der Waals surface area (Å²) >= 11 is 5.10. The average Bonchev–Trinajstić information content (AvgIpc) is 3.30. The van der Waals surface area contributed by atoms with Crippen molar-refractivity contribution in [3.63, 3.8) is 0 Å². The molecular weight excluding hydrogens is 326 g/mol. The molecule has 0 saturated heterocycles. The molecule has 2 aromatic rings. The predicted octanol–water partition coefficient (Wildman–Crippen LogP) is 2.43. The van der Waals surface area contributed by atoms with Crippen molar-refractivity contribution in [2.45, 2.75) is 19.4 Å². The van der Waals surface area contributed by atoms with E-state index < -0.39 is 0 Å². The summed E-state index contributed by atoms with van der Waals surface area (Å²) in [5.74, 6) is 0.562. The Morgan fingerprint density at radius 1 is 1.17 bits per heavy atom. The summed E-state index contributed by atoms with van der Waals surface area (Å²) < 4.78 is 5.16. The third-order valence-electron chi connectivity index (χ3n) is 3.59. The van der Waals surface area contributed by atoms with E-state index >= 15 is 0 Å². The highest BCUT2D eigenvalue weighted by Gasteiger charge is 2.29. The Balaban J connectivity index is 1.49. The van der Waals surface area contributed by atoms with Gasteiger partial charge in [-0.3, -0.25) is 9.59 Å². The summed E-state index contributed by atoms with van der Waals surface area (Å²) in [6.07, 6.45) is 3.42. The molecular formula is C17H17N3O3S. The number of hydrogen-bond donors (Lipinski definition) is 3. The lowest BCUT2D eigenvalue weighted by atomic mass is 10.2. The molecule has 0 aliphatic heterocycles. The van der Waals surface area contributed by atoms with Crippen molar-refractivity contribution in [3.05, 3.63) is 54.0 Å². The smallest absolute Gasteiger partial charge is 0.251 e. The Kier molecular flexibility index (Phi) is 4.90. The Bertz CT molecular complexity index is 737. The SMILES string of the molecule is O=C(NCc1ccco1)c1ccc(NC(=S)NC(=O)C2CC2)cc1. The fourth-order valence-corrected chi connectivity index (χ4v) is 2.33. The second kappa shape index (κ2) is 7.27. The predicted molar refractivity (Wildman–Crippen MR) is 93.4 cm³/mol. The van der Waals surface area contributed by atoms with Crippen LogP contribution in [0.25, 0.3) is 0 Å². The summed E-state index contributed by atoms with van der Waals surface area (Å²) in [5, 5.41) is 8.62. The number of amides is 2. The number of carbonyl (C=O) groups is 2. The molecule has 1 heterocycles. The first kappa shape index (κ1) is 16.2. The lowest BCUT2D eigenvalue weighted by Crippen LogP contribution is -2.35. The third kappa shape index (κ3) is 4.42. The van der Waals surface area contributed by atoms with Gasteiger partial charge in [0.1, 0.15) is 5.76 Å². The van der Waals surface area contributed by atoms with E-state index in [0.717, 1.165) is 12.8 Å². The van der Waals surface area contributed by atoms with Crippen LogP contribution in [0.5, 0.6) is 0 Å². The first-order valence-electron chi connectivity index (χ1n) is 7.64. The fraction of sp³-hybridized carbons (Fsp3) is 0.235. The number of anilines is 1. The maximum Gasteiger partial charge on any atom is 0.251 e. The molecule has 3 rings (SSSR count). The second-order valence-corrected chi connectivity index (χ2v) is 5.97. The Morgan fingerprint density at radius 3 is 2.54 bits per heavy atom. The largest absolute Gasteiger partial charge is 0.467 e. The molecule has 0 unspecified atom stereocenters. The second-order valence-electron chi connectivity index (χ2n) is 5.56. The molecule has 7 heteroatoms. The van der Waals surface area contributed by atoms with E-state index in [2.05, 4.69) is 16.0 Å². The number of benzene rings is 1. The van der Waals surface area contributed by atoms with Gasteiger partial charge in [-0.05, 0) is 61.5 Å². The van der Waals surface area contributed by atoms with Gasteiger partial charge in [0, 0.05) is 17.2 Å². The maximum absolute atomic E-state index is 12.0. The zero-order valence-electron chi connectivity index (χ0n) is 12.9. The van der Waals surface area contributed by atoms with Gasteiger partial charge in [0.2, 0.25) is 5.91 Å². The van der Waals surface area contributed by atoms with E-state index in [1.54, 1.807) is 42.7 Å². The van der Waals surface area contributed by atoms with Crippen molar-refractivity contribution >= 4 is 34.8 Å². The average molecular weight is 343 g/mol. The van der Waals surface area contributed by atoms with E-state index in [0.29, 0.717) is 23.6 Å². The lowest BCUT2D eigenvalue weighted by molar-refractivity contribution is -0.120. The normalized spacial score (nSPS) is 13.2. The minimum absolute atomic E-state index is 0.0403. The van der Waals surface area contributed by atoms with Gasteiger partial charge >= 0.3 is 0 Å². The van der Waals surface area contributed by atoms with Crippen LogP contribution >= 0.6 is 12.2 Å². The Labute approximate surface area is 144 Å². The highest BCUT2D eigenvalue weighted by molar-refractivity contribution is 7.80. The number of rotatable bonds is 5. The molecule has 1 saturated carbocycles. The Hall–Kier alpha value is -2.67. The molecule has 1 aliphatic rings. The van der Waals surface area contributed by atoms with E-state index in [-0.39, 0.29) is 22.8 Å². The number of furan rings is 1. The van der Waals surface area contributed by atoms with Crippen molar-refractivity contribution in [3.8, 4) is 0 Å². The molecule has 6 nitrogen and oxygen atoms in total. The van der Waals surface area contributed by atoms with Crippen molar-refractivity contribution in [1.29, 1.82) is 0 Å². The highest BCUT2D eigenvalue weighted by atomic mass is 32.1. The van der Waals surface area contributed by atoms with Crippen LogP contribution in [0.1, 0.15) is 29.0 Å². The van der Waals surface area contributed by atoms with E-state index in [1.807, 2.05) is 0 Å². The molecule has 3 N–H and O–H groups in total.